The lowest BCUT2D eigenvalue weighted by Crippen LogP contribution is -2.31. The van der Waals surface area contributed by atoms with Crippen LogP contribution in [0.2, 0.25) is 0 Å². The number of hydrogen-bond donors (Lipinski definition) is 2. The maximum absolute atomic E-state index is 12.2. The minimum absolute atomic E-state index is 0.274. The van der Waals surface area contributed by atoms with Crippen molar-refractivity contribution in [3.8, 4) is 0 Å². The second-order valence-electron chi connectivity index (χ2n) is 6.20. The van der Waals surface area contributed by atoms with Gasteiger partial charge >= 0.3 is 12.0 Å². The van der Waals surface area contributed by atoms with Crippen molar-refractivity contribution in [2.45, 2.75) is 32.6 Å². The predicted octanol–water partition coefficient (Wildman–Crippen LogP) is 3.01. The summed E-state index contributed by atoms with van der Waals surface area (Å²) in [5.41, 5.74) is 1.98. The van der Waals surface area contributed by atoms with Gasteiger partial charge in [0.2, 0.25) is 0 Å². The number of ether oxygens (including phenoxy) is 2. The Balaban J connectivity index is 1.98. The van der Waals surface area contributed by atoms with Crippen LogP contribution in [0.15, 0.2) is 18.2 Å². The molecule has 2 N–H and O–H groups in total. The number of nitrogens with one attached hydrogen (secondary N) is 2. The molecule has 1 aromatic carbocycles. The molecule has 1 heterocycles. The Morgan fingerprint density at radius 2 is 1.96 bits per heavy atom. The largest absolute Gasteiger partial charge is 0.465 e. The zero-order valence-electron chi connectivity index (χ0n) is 15.7. The Morgan fingerprint density at radius 3 is 2.65 bits per heavy atom. The minimum Gasteiger partial charge on any atom is -0.465 e. The first-order valence-electron chi connectivity index (χ1n) is 9.25. The number of unbranched alkanes of at least 4 members (excludes halogenated alkanes) is 1. The molecular weight excluding hydrogens is 334 g/mol. The third-order valence-electron chi connectivity index (χ3n) is 4.32. The van der Waals surface area contributed by atoms with E-state index >= 15 is 0 Å². The third-order valence-corrected chi connectivity index (χ3v) is 4.32. The first kappa shape index (κ1) is 20.0. The van der Waals surface area contributed by atoms with E-state index in [1.807, 2.05) is 13.0 Å². The summed E-state index contributed by atoms with van der Waals surface area (Å²) in [7, 11) is 1.35. The molecule has 0 unspecified atom stereocenters. The van der Waals surface area contributed by atoms with Gasteiger partial charge in [0.1, 0.15) is 0 Å². The molecule has 1 aromatic rings. The molecule has 2 rings (SSSR count). The average Bonchev–Trinajstić information content (AvgIpc) is 3.18. The Labute approximate surface area is 155 Å². The molecule has 0 aliphatic carbocycles. The van der Waals surface area contributed by atoms with Crippen LogP contribution in [0.3, 0.4) is 0 Å². The molecular formula is C19H29N3O4. The summed E-state index contributed by atoms with van der Waals surface area (Å²) in [4.78, 5) is 26.3. The second-order valence-corrected chi connectivity index (χ2v) is 6.20. The molecule has 0 saturated carbocycles. The number of methoxy groups -OCH3 is 1. The lowest BCUT2D eigenvalue weighted by molar-refractivity contribution is 0.0600. The topological polar surface area (TPSA) is 79.9 Å². The van der Waals surface area contributed by atoms with Crippen LogP contribution in [-0.4, -0.2) is 52.0 Å². The Morgan fingerprint density at radius 1 is 1.19 bits per heavy atom. The number of urea groups is 1. The molecule has 26 heavy (non-hydrogen) atoms. The van der Waals surface area contributed by atoms with Gasteiger partial charge in [0.15, 0.2) is 0 Å². The summed E-state index contributed by atoms with van der Waals surface area (Å²) in [6, 6.07) is 5.00. The molecule has 1 fully saturated rings. The van der Waals surface area contributed by atoms with E-state index in [2.05, 4.69) is 15.5 Å². The van der Waals surface area contributed by atoms with E-state index in [4.69, 9.17) is 9.47 Å². The average molecular weight is 363 g/mol. The van der Waals surface area contributed by atoms with Crippen molar-refractivity contribution in [1.82, 2.24) is 5.32 Å². The normalized spacial score (nSPS) is 13.5. The van der Waals surface area contributed by atoms with Crippen LogP contribution < -0.4 is 15.5 Å². The summed E-state index contributed by atoms with van der Waals surface area (Å²) in [6.07, 6.45) is 4.02. The quantitative estimate of drug-likeness (QED) is 0.521. The van der Waals surface area contributed by atoms with Crippen LogP contribution in [0.25, 0.3) is 0 Å². The van der Waals surface area contributed by atoms with E-state index in [1.165, 1.54) is 7.11 Å². The highest BCUT2D eigenvalue weighted by Gasteiger charge is 2.19. The lowest BCUT2D eigenvalue weighted by Gasteiger charge is -2.22. The van der Waals surface area contributed by atoms with Gasteiger partial charge in [0.25, 0.3) is 0 Å². The number of carbonyl (C=O) groups is 2. The van der Waals surface area contributed by atoms with Crippen molar-refractivity contribution < 1.29 is 19.1 Å². The van der Waals surface area contributed by atoms with Gasteiger partial charge < -0.3 is 25.0 Å². The van der Waals surface area contributed by atoms with Gasteiger partial charge in [0.05, 0.1) is 24.0 Å². The summed E-state index contributed by atoms with van der Waals surface area (Å²) < 4.78 is 10.1. The fraction of sp³-hybridized carbons (Fsp3) is 0.579. The first-order chi connectivity index (χ1) is 12.7. The Hall–Kier alpha value is -2.28. The smallest absolute Gasteiger partial charge is 0.337 e. The Kier molecular flexibility index (Phi) is 8.21. The van der Waals surface area contributed by atoms with Crippen molar-refractivity contribution in [2.75, 3.05) is 50.2 Å². The molecule has 0 atom stereocenters. The number of hydrogen-bond acceptors (Lipinski definition) is 5. The predicted molar refractivity (Wildman–Crippen MR) is 102 cm³/mol. The highest BCUT2D eigenvalue weighted by Crippen LogP contribution is 2.30. The summed E-state index contributed by atoms with van der Waals surface area (Å²) in [6.45, 7) is 5.86. The molecule has 1 saturated heterocycles. The zero-order chi connectivity index (χ0) is 18.8. The van der Waals surface area contributed by atoms with E-state index in [1.54, 1.807) is 12.1 Å². The number of benzene rings is 1. The van der Waals surface area contributed by atoms with E-state index < -0.39 is 5.97 Å². The first-order valence-corrected chi connectivity index (χ1v) is 9.25. The molecule has 1 aliphatic rings. The lowest BCUT2D eigenvalue weighted by atomic mass is 10.1. The van der Waals surface area contributed by atoms with Gasteiger partial charge in [0, 0.05) is 32.8 Å². The van der Waals surface area contributed by atoms with Crippen LogP contribution >= 0.6 is 0 Å². The van der Waals surface area contributed by atoms with Crippen molar-refractivity contribution in [3.63, 3.8) is 0 Å². The van der Waals surface area contributed by atoms with Crippen molar-refractivity contribution in [2.24, 2.45) is 0 Å². The minimum atomic E-state index is -0.419. The summed E-state index contributed by atoms with van der Waals surface area (Å²) >= 11 is 0. The maximum atomic E-state index is 12.2. The molecule has 7 heteroatoms. The van der Waals surface area contributed by atoms with E-state index in [-0.39, 0.29) is 6.03 Å². The van der Waals surface area contributed by atoms with E-state index in [0.717, 1.165) is 44.5 Å². The molecule has 7 nitrogen and oxygen atoms in total. The van der Waals surface area contributed by atoms with Gasteiger partial charge in [-0.05, 0) is 50.8 Å². The molecule has 2 amide bonds. The van der Waals surface area contributed by atoms with Gasteiger partial charge in [-0.3, -0.25) is 0 Å². The summed E-state index contributed by atoms with van der Waals surface area (Å²) in [5, 5.41) is 5.73. The maximum Gasteiger partial charge on any atom is 0.337 e. The number of carbonyl (C=O) groups excluding carboxylic acids is 2. The molecule has 144 valence electrons. The van der Waals surface area contributed by atoms with Crippen LogP contribution in [0, 0.1) is 0 Å². The van der Waals surface area contributed by atoms with Crippen molar-refractivity contribution >= 4 is 23.4 Å². The Bertz CT molecular complexity index is 600. The van der Waals surface area contributed by atoms with Gasteiger partial charge in [-0.25, -0.2) is 9.59 Å². The number of anilines is 2. The third kappa shape index (κ3) is 5.91. The van der Waals surface area contributed by atoms with Gasteiger partial charge in [-0.2, -0.15) is 0 Å². The molecule has 0 aromatic heterocycles. The van der Waals surface area contributed by atoms with Gasteiger partial charge in [-0.1, -0.05) is 0 Å². The monoisotopic (exact) mass is 363 g/mol. The van der Waals surface area contributed by atoms with Crippen LogP contribution in [-0.2, 0) is 9.47 Å². The zero-order valence-corrected chi connectivity index (χ0v) is 15.7. The van der Waals surface area contributed by atoms with Crippen molar-refractivity contribution in [1.29, 1.82) is 0 Å². The molecule has 0 spiro atoms. The number of esters is 1. The standard InChI is InChI=1S/C19H29N3O4/c1-3-26-13-7-4-10-20-19(24)21-16-14-15(18(23)25-2)8-9-17(16)22-11-5-6-12-22/h8-9,14H,3-7,10-13H2,1-2H3,(H2,20,21,24). The van der Waals surface area contributed by atoms with Crippen LogP contribution in [0.1, 0.15) is 43.0 Å². The van der Waals surface area contributed by atoms with Gasteiger partial charge in [-0.15, -0.1) is 0 Å². The van der Waals surface area contributed by atoms with E-state index in [0.29, 0.717) is 31.0 Å². The number of nitrogens with zero attached hydrogens (tertiary/aromatic N) is 1. The molecule has 1 aliphatic heterocycles. The van der Waals surface area contributed by atoms with Crippen LogP contribution in [0.4, 0.5) is 16.2 Å². The fourth-order valence-corrected chi connectivity index (χ4v) is 2.96. The van der Waals surface area contributed by atoms with Crippen molar-refractivity contribution in [3.05, 3.63) is 23.8 Å². The molecule has 0 bridgehead atoms. The highest BCUT2D eigenvalue weighted by molar-refractivity contribution is 5.97. The number of amides is 2. The number of rotatable bonds is 9. The fourth-order valence-electron chi connectivity index (χ4n) is 2.96. The van der Waals surface area contributed by atoms with Crippen LogP contribution in [0.5, 0.6) is 0 Å². The highest BCUT2D eigenvalue weighted by atomic mass is 16.5. The molecule has 0 radical (unpaired) electrons. The van der Waals surface area contributed by atoms with E-state index in [9.17, 15) is 9.59 Å². The SMILES string of the molecule is CCOCCCCNC(=O)Nc1cc(C(=O)OC)ccc1N1CCCC1. The summed E-state index contributed by atoms with van der Waals surface area (Å²) in [5.74, 6) is -0.419. The second kappa shape index (κ2) is 10.7.